The number of aromatic nitrogens is 8. The highest BCUT2D eigenvalue weighted by Crippen LogP contribution is 2.51. The maximum atomic E-state index is 14.2. The minimum absolute atomic E-state index is 0.0403. The minimum Gasteiger partial charge on any atom is -0.492 e. The zero-order valence-electron chi connectivity index (χ0n) is 54.8. The molecule has 0 aliphatic carbocycles. The Hall–Kier alpha value is -7.35. The Labute approximate surface area is 592 Å². The zero-order chi connectivity index (χ0) is 70.3. The van der Waals surface area contributed by atoms with Crippen LogP contribution in [-0.2, 0) is 68.5 Å². The Bertz CT molecular complexity index is 4350. The van der Waals surface area contributed by atoms with Crippen LogP contribution in [0.4, 0.5) is 17.5 Å². The number of hydrogen-bond acceptors (Lipinski definition) is 24. The van der Waals surface area contributed by atoms with Crippen molar-refractivity contribution in [3.8, 4) is 11.5 Å². The summed E-state index contributed by atoms with van der Waals surface area (Å²) in [4.78, 5) is 98.6. The van der Waals surface area contributed by atoms with Gasteiger partial charge in [0.1, 0.15) is 42.4 Å². The van der Waals surface area contributed by atoms with E-state index in [1.807, 2.05) is 65.2 Å². The van der Waals surface area contributed by atoms with Gasteiger partial charge in [0.05, 0.1) is 73.9 Å². The van der Waals surface area contributed by atoms with E-state index in [0.29, 0.717) is 122 Å². The number of esters is 1. The van der Waals surface area contributed by atoms with E-state index < -0.39 is 44.5 Å². The average Bonchev–Trinajstić information content (AvgIpc) is 1.29. The van der Waals surface area contributed by atoms with Crippen molar-refractivity contribution < 1.29 is 56.7 Å². The van der Waals surface area contributed by atoms with Crippen molar-refractivity contribution in [2.75, 3.05) is 69.1 Å². The van der Waals surface area contributed by atoms with Crippen LogP contribution in [0.25, 0.3) is 33.7 Å². The van der Waals surface area contributed by atoms with E-state index >= 15 is 0 Å². The lowest BCUT2D eigenvalue weighted by atomic mass is 9.95. The predicted molar refractivity (Wildman–Crippen MR) is 391 cm³/mol. The lowest BCUT2D eigenvalue weighted by Crippen LogP contribution is -2.34. The number of fused-ring (bicyclic) bond motifs is 4. The van der Waals surface area contributed by atoms with Crippen LogP contribution < -0.4 is 58.4 Å². The number of nitrogens with two attached hydrogens (primary N) is 4. The molecule has 29 nitrogen and oxygen atoms in total. The number of ether oxygens (including phenoxy) is 4. The summed E-state index contributed by atoms with van der Waals surface area (Å²) in [5.74, 6) is 0.672. The molecule has 0 radical (unpaired) electrons. The highest BCUT2D eigenvalue weighted by Gasteiger charge is 2.39. The largest absolute Gasteiger partial charge is 0.492 e. The van der Waals surface area contributed by atoms with Crippen LogP contribution in [0.5, 0.6) is 11.5 Å². The Morgan fingerprint density at radius 3 is 2.30 bits per heavy atom. The van der Waals surface area contributed by atoms with Gasteiger partial charge in [0.15, 0.2) is 36.6 Å². The number of anilines is 3. The number of nitrogen functional groups attached to an aromatic ring is 2. The molecular weight excluding hydrogens is 1400 g/mol. The molecule has 532 valence electrons. The van der Waals surface area contributed by atoms with E-state index in [1.165, 1.54) is 19.3 Å². The van der Waals surface area contributed by atoms with Crippen LogP contribution in [0.3, 0.4) is 0 Å². The quantitative estimate of drug-likeness (QED) is 0.00783. The molecule has 0 saturated carbocycles. The molecule has 8 atom stereocenters. The number of hydrogen-bond donors (Lipinski definition) is 10. The number of aromatic amines is 1. The van der Waals surface area contributed by atoms with Crippen LogP contribution in [-0.4, -0.2) is 132 Å². The molecule has 2 saturated heterocycles. The third kappa shape index (κ3) is 20.0. The van der Waals surface area contributed by atoms with Gasteiger partial charge in [-0.25, -0.2) is 24.7 Å². The molecule has 8 aromatic rings. The molecule has 4 aromatic heterocycles. The second kappa shape index (κ2) is 34.5. The van der Waals surface area contributed by atoms with Gasteiger partial charge in [-0.1, -0.05) is 78.8 Å². The monoisotopic (exact) mass is 1480 g/mol. The summed E-state index contributed by atoms with van der Waals surface area (Å²) in [6, 6.07) is 29.3. The van der Waals surface area contributed by atoms with E-state index in [4.69, 9.17) is 78.8 Å². The fraction of sp³-hybridized carbons (Fsp3) is 0.400. The molecule has 7 heterocycles. The highest BCUT2D eigenvalue weighted by molar-refractivity contribution is 8.53. The first-order chi connectivity index (χ1) is 48.2. The highest BCUT2D eigenvalue weighted by atomic mass is 32.7. The molecule has 0 bridgehead atoms. The number of carbonyl (C=O) groups excluding carboxylic acids is 3. The number of amides is 2. The molecule has 11 rings (SSSR count). The normalized spacial score (nSPS) is 19.8. The molecule has 100 heavy (non-hydrogen) atoms. The SMILES string of the molecule is CP(O)(=S)OCCCCCCNC(=O)CCCCC(=O)N1Cc2ccccc2/C(N)=C(/NCCOc2ccc(C(=O)Oc3ccc(CS[P@](NCC4C[C@H](n5cnc6c(=O)[nH]c(N)nc65)O[C@@H]4COP(N)(O)=S)OC[C@@H]4CC[C@H](n5cnc6c(N)ncnc65)O4)cc3)cc2)c2ccccc21. The summed E-state index contributed by atoms with van der Waals surface area (Å²) < 4.78 is 45.9. The second-order valence-electron chi connectivity index (χ2n) is 24.2. The molecule has 2 fully saturated rings. The van der Waals surface area contributed by atoms with Crippen molar-refractivity contribution >= 4 is 125 Å². The van der Waals surface area contributed by atoms with Gasteiger partial charge in [-0.3, -0.25) is 39.1 Å². The third-order valence-corrected chi connectivity index (χ3v) is 22.0. The van der Waals surface area contributed by atoms with E-state index in [0.717, 1.165) is 47.9 Å². The summed E-state index contributed by atoms with van der Waals surface area (Å²) in [6.45, 7) is -2.24. The van der Waals surface area contributed by atoms with Crippen LogP contribution in [0.2, 0.25) is 0 Å². The van der Waals surface area contributed by atoms with Crippen molar-refractivity contribution in [3.05, 3.63) is 154 Å². The Morgan fingerprint density at radius 1 is 0.780 bits per heavy atom. The number of imidazole rings is 2. The van der Waals surface area contributed by atoms with E-state index in [9.17, 15) is 29.0 Å². The summed E-state index contributed by atoms with van der Waals surface area (Å²) >= 11 is 11.5. The van der Waals surface area contributed by atoms with Gasteiger partial charge < -0.3 is 75.0 Å². The number of H-pyrrole nitrogens is 1. The second-order valence-corrected chi connectivity index (χ2v) is 34.5. The number of para-hydroxylation sites is 1. The minimum atomic E-state index is -3.56. The first kappa shape index (κ1) is 73.9. The lowest BCUT2D eigenvalue weighted by Gasteiger charge is -2.30. The first-order valence-electron chi connectivity index (χ1n) is 32.7. The molecule has 2 amide bonds. The van der Waals surface area contributed by atoms with Crippen LogP contribution in [0, 0.1) is 5.92 Å². The van der Waals surface area contributed by atoms with Gasteiger partial charge >= 0.3 is 5.97 Å². The summed E-state index contributed by atoms with van der Waals surface area (Å²) in [6.07, 6.45) is 9.63. The fourth-order valence-corrected chi connectivity index (χ4v) is 16.2. The van der Waals surface area contributed by atoms with Gasteiger partial charge in [-0.15, -0.1) is 0 Å². The van der Waals surface area contributed by atoms with Crippen molar-refractivity contribution in [3.63, 3.8) is 0 Å². The van der Waals surface area contributed by atoms with Crippen LogP contribution in [0.1, 0.15) is 116 Å². The van der Waals surface area contributed by atoms with Gasteiger partial charge in [0.2, 0.25) is 17.8 Å². The molecule has 0 spiro atoms. The maximum Gasteiger partial charge on any atom is 0.343 e. The lowest BCUT2D eigenvalue weighted by molar-refractivity contribution is -0.122. The molecular formula is C65H81N16O13P3S3. The van der Waals surface area contributed by atoms with Crippen molar-refractivity contribution in [2.24, 2.45) is 17.2 Å². The van der Waals surface area contributed by atoms with E-state index in [-0.39, 0.29) is 79.2 Å². The third-order valence-electron chi connectivity index (χ3n) is 16.9. The number of benzene rings is 4. The Balaban J connectivity index is 0.669. The van der Waals surface area contributed by atoms with Crippen molar-refractivity contribution in [1.29, 1.82) is 0 Å². The van der Waals surface area contributed by atoms with Gasteiger partial charge in [0.25, 0.3) is 12.2 Å². The summed E-state index contributed by atoms with van der Waals surface area (Å²) in [5, 5.41) is 10.1. The number of unbranched alkanes of at least 4 members (excludes halogenated alkanes) is 4. The van der Waals surface area contributed by atoms with Crippen molar-refractivity contribution in [2.45, 2.75) is 108 Å². The standard InChI is InChI=1S/C65H81N16O13P3S3/c1-96(86,98)90-30-11-3-2-10-28-70-52(82)16-8-9-17-53(83)79-34-43-12-4-5-13-48(43)56(66)57(49-14-6-7-15-50(49)79)71-29-31-88-45-24-20-42(21-25-45)64(85)93-46-22-18-41(19-23-46)37-100-95(89-35-47-26-27-54(92-47)80-39-74-58-60(67)72-38-73-61(58)80)76-33-44-32-55(94-51(44)36-91-97(69,87)99)81-40-75-59-62(81)77-65(68)78-63(59)84/h4-7,12-15,18-25,38-40,44,47,51,54-55,71,76H,2-3,8-11,16-17,26-37,66H2,1H3,(H,70,82)(H,86,98)(H2,67,72,73)(H3,69,87,99)(H3,68,77,78,84)/b57-56-/t44?,47-,51+,54+,55+,95+,96?,97?/m0/s1. The van der Waals surface area contributed by atoms with Gasteiger partial charge in [-0.2, -0.15) is 4.98 Å². The van der Waals surface area contributed by atoms with Gasteiger partial charge in [0, 0.05) is 61.9 Å². The first-order valence-corrected chi connectivity index (χ1v) is 41.4. The number of rotatable bonds is 34. The fourth-order valence-electron chi connectivity index (χ4n) is 11.9. The van der Waals surface area contributed by atoms with Crippen LogP contribution in [0.15, 0.2) is 121 Å². The number of nitrogens with zero attached hydrogens (tertiary/aromatic N) is 8. The Kier molecular flexibility index (Phi) is 25.5. The molecule has 3 unspecified atom stereocenters. The van der Waals surface area contributed by atoms with E-state index in [2.05, 4.69) is 45.6 Å². The van der Waals surface area contributed by atoms with Crippen molar-refractivity contribution in [1.82, 2.24) is 54.8 Å². The summed E-state index contributed by atoms with van der Waals surface area (Å²) in [5.41, 5.74) is 31.3. The molecule has 3 aliphatic rings. The summed E-state index contributed by atoms with van der Waals surface area (Å²) in [7, 11) is -1.43. The number of carbonyl (C=O) groups is 3. The average molecular weight is 1480 g/mol. The predicted octanol–water partition coefficient (Wildman–Crippen LogP) is 8.37. The van der Waals surface area contributed by atoms with Crippen LogP contribution >= 0.6 is 32.0 Å². The topological polar surface area (TPSA) is 407 Å². The zero-order valence-corrected chi connectivity index (χ0v) is 60.0. The molecule has 35 heteroatoms. The van der Waals surface area contributed by atoms with Gasteiger partial charge in [-0.05, 0) is 122 Å². The molecule has 3 aliphatic heterocycles. The maximum absolute atomic E-state index is 14.2. The molecule has 4 aromatic carbocycles. The smallest absolute Gasteiger partial charge is 0.343 e. The van der Waals surface area contributed by atoms with E-state index in [1.54, 1.807) is 63.6 Å². The number of nitrogens with one attached hydrogen (secondary N) is 4. The molecule has 14 N–H and O–H groups in total. The Morgan fingerprint density at radius 2 is 1.51 bits per heavy atom.